The van der Waals surface area contributed by atoms with E-state index in [-0.39, 0.29) is 17.0 Å². The number of ether oxygens (including phenoxy) is 1. The summed E-state index contributed by atoms with van der Waals surface area (Å²) in [5, 5.41) is 3.24. The number of carbonyl (C=O) groups excluding carboxylic acids is 2. The summed E-state index contributed by atoms with van der Waals surface area (Å²) in [6, 6.07) is 17.2. The highest BCUT2D eigenvalue weighted by molar-refractivity contribution is 6.17. The number of ketones is 1. The van der Waals surface area contributed by atoms with Crippen molar-refractivity contribution in [3.8, 4) is 5.75 Å². The van der Waals surface area contributed by atoms with Gasteiger partial charge in [0, 0.05) is 10.9 Å². The molecule has 0 aliphatic carbocycles. The maximum absolute atomic E-state index is 13.2. The third-order valence-electron chi connectivity index (χ3n) is 4.65. The van der Waals surface area contributed by atoms with Crippen LogP contribution in [0, 0.1) is 11.6 Å². The highest BCUT2D eigenvalue weighted by Crippen LogP contribution is 2.32. The van der Waals surface area contributed by atoms with E-state index < -0.39 is 29.4 Å². The molecule has 0 spiro atoms. The van der Waals surface area contributed by atoms with Crippen molar-refractivity contribution in [3.63, 3.8) is 0 Å². The van der Waals surface area contributed by atoms with Crippen molar-refractivity contribution in [2.45, 2.75) is 13.0 Å². The molecule has 0 bridgehead atoms. The number of anilines is 1. The molecule has 1 amide bonds. The molecule has 0 radical (unpaired) electrons. The van der Waals surface area contributed by atoms with E-state index in [4.69, 9.17) is 9.15 Å². The summed E-state index contributed by atoms with van der Waals surface area (Å²) >= 11 is 0. The summed E-state index contributed by atoms with van der Waals surface area (Å²) in [5.74, 6) is -1.67. The molecule has 0 fully saturated rings. The van der Waals surface area contributed by atoms with Gasteiger partial charge in [0.05, 0.1) is 5.69 Å². The Hall–Kier alpha value is -4.00. The largest absolute Gasteiger partial charge is 0.481 e. The molecular formula is C24H17F2NO4. The number of benzene rings is 3. The van der Waals surface area contributed by atoms with Gasteiger partial charge in [-0.15, -0.1) is 0 Å². The summed E-state index contributed by atoms with van der Waals surface area (Å²) in [4.78, 5) is 25.8. The Bertz CT molecular complexity index is 1250. The van der Waals surface area contributed by atoms with Crippen LogP contribution < -0.4 is 10.1 Å². The Balaban J connectivity index is 1.63. The first-order valence-electron chi connectivity index (χ1n) is 9.47. The van der Waals surface area contributed by atoms with Gasteiger partial charge in [-0.25, -0.2) is 8.78 Å². The zero-order valence-corrected chi connectivity index (χ0v) is 16.4. The van der Waals surface area contributed by atoms with E-state index in [1.54, 1.807) is 24.3 Å². The van der Waals surface area contributed by atoms with Gasteiger partial charge in [-0.3, -0.25) is 9.59 Å². The lowest BCUT2D eigenvalue weighted by Gasteiger charge is -2.15. The number of hydrogen-bond acceptors (Lipinski definition) is 4. The standard InChI is InChI=1S/C24H17F2NO4/c1-14(30-18-12-10-17(26)11-13-18)24(29)27-21-19-4-2-3-5-20(19)31-23(21)22(28)15-6-8-16(25)9-7-15/h2-14H,1H3,(H,27,29)/t14-/m0/s1. The molecule has 5 nitrogen and oxygen atoms in total. The Kier molecular flexibility index (Phi) is 5.49. The van der Waals surface area contributed by atoms with Gasteiger partial charge in [-0.1, -0.05) is 12.1 Å². The van der Waals surface area contributed by atoms with E-state index in [0.717, 1.165) is 0 Å². The Morgan fingerprint density at radius 1 is 0.903 bits per heavy atom. The van der Waals surface area contributed by atoms with Gasteiger partial charge >= 0.3 is 0 Å². The molecule has 156 valence electrons. The predicted octanol–water partition coefficient (Wildman–Crippen LogP) is 5.35. The maximum Gasteiger partial charge on any atom is 0.265 e. The quantitative estimate of drug-likeness (QED) is 0.426. The van der Waals surface area contributed by atoms with Crippen LogP contribution in [-0.4, -0.2) is 17.8 Å². The fourth-order valence-electron chi connectivity index (χ4n) is 3.06. The Morgan fingerprint density at radius 2 is 1.52 bits per heavy atom. The van der Waals surface area contributed by atoms with Crippen LogP contribution in [-0.2, 0) is 4.79 Å². The fraction of sp³-hybridized carbons (Fsp3) is 0.0833. The zero-order valence-electron chi connectivity index (χ0n) is 16.4. The summed E-state index contributed by atoms with van der Waals surface area (Å²) in [6.45, 7) is 1.53. The van der Waals surface area contributed by atoms with Crippen molar-refractivity contribution in [2.24, 2.45) is 0 Å². The normalized spacial score (nSPS) is 11.8. The number of furan rings is 1. The molecule has 1 aromatic heterocycles. The van der Waals surface area contributed by atoms with Gasteiger partial charge in [0.1, 0.15) is 23.0 Å². The van der Waals surface area contributed by atoms with Crippen molar-refractivity contribution in [3.05, 3.63) is 95.8 Å². The van der Waals surface area contributed by atoms with Crippen LogP contribution in [0.4, 0.5) is 14.5 Å². The molecule has 0 saturated carbocycles. The monoisotopic (exact) mass is 421 g/mol. The second-order valence-corrected chi connectivity index (χ2v) is 6.84. The molecule has 0 aliphatic heterocycles. The molecule has 3 aromatic carbocycles. The Morgan fingerprint density at radius 3 is 2.19 bits per heavy atom. The lowest BCUT2D eigenvalue weighted by molar-refractivity contribution is -0.122. The van der Waals surface area contributed by atoms with Gasteiger partial charge in [0.2, 0.25) is 5.78 Å². The highest BCUT2D eigenvalue weighted by Gasteiger charge is 2.25. The van der Waals surface area contributed by atoms with Crippen LogP contribution in [0.3, 0.4) is 0 Å². The topological polar surface area (TPSA) is 68.5 Å². The number of carbonyl (C=O) groups is 2. The zero-order chi connectivity index (χ0) is 22.0. The minimum absolute atomic E-state index is 0.0739. The first-order chi connectivity index (χ1) is 14.9. The van der Waals surface area contributed by atoms with E-state index in [9.17, 15) is 18.4 Å². The molecule has 1 N–H and O–H groups in total. The number of rotatable bonds is 6. The number of hydrogen-bond donors (Lipinski definition) is 1. The molecule has 4 rings (SSSR count). The van der Waals surface area contributed by atoms with Crippen molar-refractivity contribution < 1.29 is 27.5 Å². The second kappa shape index (κ2) is 8.39. The third-order valence-corrected chi connectivity index (χ3v) is 4.65. The highest BCUT2D eigenvalue weighted by atomic mass is 19.1. The van der Waals surface area contributed by atoms with Crippen LogP contribution >= 0.6 is 0 Å². The molecule has 4 aromatic rings. The van der Waals surface area contributed by atoms with Gasteiger partial charge in [-0.2, -0.15) is 0 Å². The first-order valence-corrected chi connectivity index (χ1v) is 9.47. The average Bonchev–Trinajstić information content (AvgIpc) is 3.13. The van der Waals surface area contributed by atoms with Gasteiger partial charge < -0.3 is 14.5 Å². The smallest absolute Gasteiger partial charge is 0.265 e. The molecule has 0 saturated heterocycles. The summed E-state index contributed by atoms with van der Waals surface area (Å²) < 4.78 is 37.6. The van der Waals surface area contributed by atoms with Crippen molar-refractivity contribution in [1.82, 2.24) is 0 Å². The van der Waals surface area contributed by atoms with Crippen LogP contribution in [0.15, 0.2) is 77.2 Å². The first kappa shape index (κ1) is 20.3. The van der Waals surface area contributed by atoms with E-state index >= 15 is 0 Å². The molecule has 7 heteroatoms. The lowest BCUT2D eigenvalue weighted by Crippen LogP contribution is -2.30. The summed E-state index contributed by atoms with van der Waals surface area (Å²) in [5.41, 5.74) is 0.825. The molecule has 0 aliphatic rings. The fourth-order valence-corrected chi connectivity index (χ4v) is 3.06. The minimum Gasteiger partial charge on any atom is -0.481 e. The average molecular weight is 421 g/mol. The van der Waals surface area contributed by atoms with Crippen LogP contribution in [0.2, 0.25) is 0 Å². The molecule has 0 unspecified atom stereocenters. The molecule has 1 heterocycles. The molecule has 1 atom stereocenters. The number of halogens is 2. The second-order valence-electron chi connectivity index (χ2n) is 6.84. The predicted molar refractivity (Wildman–Crippen MR) is 111 cm³/mol. The number of amides is 1. The number of fused-ring (bicyclic) bond motifs is 1. The molecular weight excluding hydrogens is 404 g/mol. The lowest BCUT2D eigenvalue weighted by atomic mass is 10.1. The van der Waals surface area contributed by atoms with E-state index in [2.05, 4.69) is 5.32 Å². The number of para-hydroxylation sites is 1. The molecule has 31 heavy (non-hydrogen) atoms. The van der Waals surface area contributed by atoms with E-state index in [0.29, 0.717) is 16.7 Å². The van der Waals surface area contributed by atoms with Gasteiger partial charge in [-0.05, 0) is 67.6 Å². The Labute approximate surface area is 176 Å². The maximum atomic E-state index is 13.2. The van der Waals surface area contributed by atoms with Crippen LogP contribution in [0.5, 0.6) is 5.75 Å². The van der Waals surface area contributed by atoms with E-state index in [1.807, 2.05) is 0 Å². The number of nitrogens with one attached hydrogen (secondary N) is 1. The van der Waals surface area contributed by atoms with Crippen LogP contribution in [0.1, 0.15) is 23.0 Å². The third kappa shape index (κ3) is 4.30. The van der Waals surface area contributed by atoms with E-state index in [1.165, 1.54) is 55.5 Å². The van der Waals surface area contributed by atoms with Crippen molar-refractivity contribution in [1.29, 1.82) is 0 Å². The van der Waals surface area contributed by atoms with Gasteiger partial charge in [0.25, 0.3) is 5.91 Å². The summed E-state index contributed by atoms with van der Waals surface area (Å²) in [7, 11) is 0. The SMILES string of the molecule is C[C@H](Oc1ccc(F)cc1)C(=O)Nc1c(C(=O)c2ccc(F)cc2)oc2ccccc12. The van der Waals surface area contributed by atoms with Gasteiger partial charge in [0.15, 0.2) is 11.9 Å². The minimum atomic E-state index is -0.937. The van der Waals surface area contributed by atoms with Crippen molar-refractivity contribution >= 4 is 28.3 Å². The van der Waals surface area contributed by atoms with Crippen molar-refractivity contribution in [2.75, 3.05) is 5.32 Å². The summed E-state index contributed by atoms with van der Waals surface area (Å²) in [6.07, 6.45) is -0.937. The van der Waals surface area contributed by atoms with Crippen LogP contribution in [0.25, 0.3) is 11.0 Å².